The van der Waals surface area contributed by atoms with Crippen molar-refractivity contribution in [2.45, 2.75) is 12.8 Å². The van der Waals surface area contributed by atoms with Crippen LogP contribution in [0.25, 0.3) is 0 Å². The number of halogens is 1. The molecule has 0 aliphatic carbocycles. The molecule has 0 bridgehead atoms. The maximum Gasteiger partial charge on any atom is 0.261 e. The van der Waals surface area contributed by atoms with E-state index in [0.717, 1.165) is 0 Å². The Hall–Kier alpha value is -2.45. The minimum Gasteiger partial charge on any atom is -0.355 e. The van der Waals surface area contributed by atoms with Crippen LogP contribution in [0.1, 0.15) is 33.6 Å². The van der Waals surface area contributed by atoms with E-state index in [-0.39, 0.29) is 43.2 Å². The maximum atomic E-state index is 12.1. The van der Waals surface area contributed by atoms with Gasteiger partial charge in [0.15, 0.2) is 0 Å². The Morgan fingerprint density at radius 3 is 2.12 bits per heavy atom. The van der Waals surface area contributed by atoms with E-state index in [1.165, 1.54) is 4.90 Å². The van der Waals surface area contributed by atoms with Crippen LogP contribution in [0.5, 0.6) is 0 Å². The normalized spacial score (nSPS) is 12.4. The highest BCUT2D eigenvalue weighted by Gasteiger charge is 2.34. The van der Waals surface area contributed by atoms with Gasteiger partial charge in [-0.25, -0.2) is 0 Å². The van der Waals surface area contributed by atoms with Crippen LogP contribution in [0.2, 0.25) is 0 Å². The second-order valence-corrected chi connectivity index (χ2v) is 5.35. The van der Waals surface area contributed by atoms with E-state index >= 15 is 0 Å². The predicted octanol–water partition coefficient (Wildman–Crippen LogP) is -0.324. The molecule has 1 aromatic carbocycles. The average Bonchev–Trinajstić information content (AvgIpc) is 2.84. The van der Waals surface area contributed by atoms with Crippen LogP contribution in [-0.2, 0) is 9.59 Å². The summed E-state index contributed by atoms with van der Waals surface area (Å²) in [4.78, 5) is 47.9. The molecular weight excluding hydrogens is 348 g/mol. The Morgan fingerprint density at radius 1 is 0.960 bits per heavy atom. The van der Waals surface area contributed by atoms with Gasteiger partial charge in [-0.15, -0.1) is 12.4 Å². The first-order valence-electron chi connectivity index (χ1n) is 7.73. The maximum absolute atomic E-state index is 12.1. The lowest BCUT2D eigenvalue weighted by Gasteiger charge is -2.13. The third kappa shape index (κ3) is 5.27. The smallest absolute Gasteiger partial charge is 0.261 e. The summed E-state index contributed by atoms with van der Waals surface area (Å²) >= 11 is 0. The zero-order chi connectivity index (χ0) is 17.5. The zero-order valence-electron chi connectivity index (χ0n) is 13.6. The van der Waals surface area contributed by atoms with Crippen LogP contribution in [0.4, 0.5) is 0 Å². The van der Waals surface area contributed by atoms with Crippen molar-refractivity contribution in [1.82, 2.24) is 15.5 Å². The van der Waals surface area contributed by atoms with Gasteiger partial charge in [0, 0.05) is 13.1 Å². The molecule has 1 heterocycles. The van der Waals surface area contributed by atoms with Crippen molar-refractivity contribution in [3.63, 3.8) is 0 Å². The Morgan fingerprint density at radius 2 is 1.56 bits per heavy atom. The van der Waals surface area contributed by atoms with Crippen molar-refractivity contribution >= 4 is 36.0 Å². The first-order valence-corrected chi connectivity index (χ1v) is 7.73. The highest BCUT2D eigenvalue weighted by atomic mass is 35.5. The fourth-order valence-electron chi connectivity index (χ4n) is 2.38. The Kier molecular flexibility index (Phi) is 8.03. The summed E-state index contributed by atoms with van der Waals surface area (Å²) in [6.45, 7) is 0.439. The molecule has 0 spiro atoms. The number of nitrogens with one attached hydrogen (secondary N) is 2. The predicted molar refractivity (Wildman–Crippen MR) is 93.4 cm³/mol. The molecule has 1 aromatic rings. The number of nitrogens with two attached hydrogens (primary N) is 1. The van der Waals surface area contributed by atoms with Crippen LogP contribution < -0.4 is 16.4 Å². The van der Waals surface area contributed by atoms with Gasteiger partial charge >= 0.3 is 0 Å². The fraction of sp³-hybridized carbons (Fsp3) is 0.375. The van der Waals surface area contributed by atoms with E-state index in [0.29, 0.717) is 37.1 Å². The minimum atomic E-state index is -0.393. The molecule has 0 aromatic heterocycles. The second kappa shape index (κ2) is 9.75. The van der Waals surface area contributed by atoms with Gasteiger partial charge in [0.25, 0.3) is 11.8 Å². The number of benzene rings is 1. The molecule has 2 rings (SSSR count). The largest absolute Gasteiger partial charge is 0.355 e. The second-order valence-electron chi connectivity index (χ2n) is 5.35. The van der Waals surface area contributed by atoms with Crippen molar-refractivity contribution in [1.29, 1.82) is 0 Å². The van der Waals surface area contributed by atoms with Gasteiger partial charge in [-0.05, 0) is 25.0 Å². The third-order valence-corrected chi connectivity index (χ3v) is 3.64. The summed E-state index contributed by atoms with van der Waals surface area (Å²) in [6.07, 6.45) is 1.20. The molecule has 0 atom stereocenters. The number of amides is 4. The third-order valence-electron chi connectivity index (χ3n) is 3.64. The van der Waals surface area contributed by atoms with Gasteiger partial charge in [-0.1, -0.05) is 12.1 Å². The van der Waals surface area contributed by atoms with E-state index in [4.69, 9.17) is 5.73 Å². The lowest BCUT2D eigenvalue weighted by atomic mass is 10.1. The molecule has 0 unspecified atom stereocenters. The van der Waals surface area contributed by atoms with Crippen LogP contribution in [0.3, 0.4) is 0 Å². The van der Waals surface area contributed by atoms with Crippen LogP contribution >= 0.6 is 12.4 Å². The van der Waals surface area contributed by atoms with Crippen molar-refractivity contribution in [2.24, 2.45) is 5.73 Å². The number of imide groups is 1. The Bertz CT molecular complexity index is 630. The summed E-state index contributed by atoms with van der Waals surface area (Å²) in [5.74, 6) is -1.25. The lowest BCUT2D eigenvalue weighted by Crippen LogP contribution is -2.39. The molecule has 0 fully saturated rings. The number of carbonyl (C=O) groups excluding carboxylic acids is 4. The van der Waals surface area contributed by atoms with E-state index in [1.807, 2.05) is 0 Å². The van der Waals surface area contributed by atoms with Gasteiger partial charge < -0.3 is 16.4 Å². The molecule has 0 saturated heterocycles. The highest BCUT2D eigenvalue weighted by Crippen LogP contribution is 2.22. The van der Waals surface area contributed by atoms with E-state index in [9.17, 15) is 19.2 Å². The van der Waals surface area contributed by atoms with Crippen LogP contribution in [0.15, 0.2) is 24.3 Å². The van der Waals surface area contributed by atoms with Crippen LogP contribution in [0, 0.1) is 0 Å². The number of nitrogens with zero attached hydrogens (tertiary/aromatic N) is 1. The van der Waals surface area contributed by atoms with Gasteiger partial charge in [-0.2, -0.15) is 0 Å². The molecule has 4 amide bonds. The number of fused-ring (bicyclic) bond motifs is 1. The molecule has 4 N–H and O–H groups in total. The SMILES string of the molecule is Cl.NCC(=O)NCC(=O)NCCCCN1C(=O)c2ccccc2C1=O. The molecule has 0 radical (unpaired) electrons. The minimum absolute atomic E-state index is 0. The number of carbonyl (C=O) groups is 4. The number of unbranched alkanes of at least 4 members (excludes halogenated alkanes) is 1. The molecule has 9 heteroatoms. The monoisotopic (exact) mass is 368 g/mol. The molecular formula is C16H21ClN4O4. The molecule has 136 valence electrons. The fourth-order valence-corrected chi connectivity index (χ4v) is 2.38. The summed E-state index contributed by atoms with van der Waals surface area (Å²) < 4.78 is 0. The zero-order valence-corrected chi connectivity index (χ0v) is 14.4. The summed E-state index contributed by atoms with van der Waals surface area (Å²) in [6, 6.07) is 6.75. The van der Waals surface area contributed by atoms with Crippen molar-refractivity contribution < 1.29 is 19.2 Å². The summed E-state index contributed by atoms with van der Waals surface area (Å²) in [5, 5.41) is 5.01. The molecule has 1 aliphatic rings. The van der Waals surface area contributed by atoms with Crippen LogP contribution in [-0.4, -0.2) is 54.7 Å². The molecule has 25 heavy (non-hydrogen) atoms. The number of rotatable bonds is 8. The molecule has 1 aliphatic heterocycles. The van der Waals surface area contributed by atoms with E-state index in [2.05, 4.69) is 10.6 Å². The number of hydrogen-bond donors (Lipinski definition) is 3. The van der Waals surface area contributed by atoms with E-state index in [1.54, 1.807) is 24.3 Å². The van der Waals surface area contributed by atoms with Crippen molar-refractivity contribution in [3.05, 3.63) is 35.4 Å². The van der Waals surface area contributed by atoms with Crippen molar-refractivity contribution in [3.8, 4) is 0 Å². The Labute approximate surface area is 151 Å². The summed E-state index contributed by atoms with van der Waals surface area (Å²) in [7, 11) is 0. The topological polar surface area (TPSA) is 122 Å². The first kappa shape index (κ1) is 20.6. The highest BCUT2D eigenvalue weighted by molar-refractivity contribution is 6.21. The van der Waals surface area contributed by atoms with Gasteiger partial charge in [-0.3, -0.25) is 24.1 Å². The molecule has 8 nitrogen and oxygen atoms in total. The molecule has 0 saturated carbocycles. The Balaban J connectivity index is 0.00000312. The van der Waals surface area contributed by atoms with Crippen molar-refractivity contribution in [2.75, 3.05) is 26.2 Å². The average molecular weight is 369 g/mol. The standard InChI is InChI=1S/C16H20N4O4.ClH/c17-9-13(21)19-10-14(22)18-7-3-4-8-20-15(23)11-5-1-2-6-12(11)16(20)24;/h1-2,5-6H,3-4,7-10,17H2,(H,18,22)(H,19,21);1H. The van der Waals surface area contributed by atoms with Gasteiger partial charge in [0.1, 0.15) is 0 Å². The van der Waals surface area contributed by atoms with E-state index < -0.39 is 5.91 Å². The lowest BCUT2D eigenvalue weighted by molar-refractivity contribution is -0.125. The summed E-state index contributed by atoms with van der Waals surface area (Å²) in [5.41, 5.74) is 5.98. The van der Waals surface area contributed by atoms with Gasteiger partial charge in [0.2, 0.25) is 11.8 Å². The first-order chi connectivity index (χ1) is 11.5. The van der Waals surface area contributed by atoms with Gasteiger partial charge in [0.05, 0.1) is 24.2 Å². The quantitative estimate of drug-likeness (QED) is 0.428. The number of hydrogen-bond acceptors (Lipinski definition) is 5.